The van der Waals surface area contributed by atoms with Crippen molar-refractivity contribution in [3.05, 3.63) is 94.4 Å². The Morgan fingerprint density at radius 3 is 2.68 bits per heavy atom. The maximum atomic E-state index is 12.6. The molecule has 0 spiro atoms. The largest absolute Gasteiger partial charge is 0.497 e. The summed E-state index contributed by atoms with van der Waals surface area (Å²) in [7, 11) is 1.61. The van der Waals surface area contributed by atoms with Gasteiger partial charge in [0.25, 0.3) is 5.56 Å². The lowest BCUT2D eigenvalue weighted by Gasteiger charge is -2.07. The summed E-state index contributed by atoms with van der Waals surface area (Å²) in [4.78, 5) is 18.3. The average molecular weight is 430 g/mol. The monoisotopic (exact) mass is 429 g/mol. The number of nitrogens with one attached hydrogen (secondary N) is 1. The molecule has 5 aromatic rings. The van der Waals surface area contributed by atoms with Crippen molar-refractivity contribution in [1.29, 1.82) is 0 Å². The molecule has 7 heteroatoms. The first-order valence-electron chi connectivity index (χ1n) is 9.72. The summed E-state index contributed by atoms with van der Waals surface area (Å²) in [5.41, 5.74) is 4.14. The molecule has 1 N–H and O–H groups in total. The van der Waals surface area contributed by atoms with Gasteiger partial charge in [-0.15, -0.1) is 11.3 Å². The Morgan fingerprint density at radius 1 is 1.00 bits per heavy atom. The number of hydrogen-bond donors (Lipinski definition) is 1. The summed E-state index contributed by atoms with van der Waals surface area (Å²) < 4.78 is 12.5. The number of fused-ring (bicyclic) bond motifs is 1. The molecule has 0 unspecified atom stereocenters. The van der Waals surface area contributed by atoms with Gasteiger partial charge in [-0.25, -0.2) is 9.50 Å². The van der Waals surface area contributed by atoms with Crippen LogP contribution in [0.2, 0.25) is 0 Å². The highest BCUT2D eigenvalue weighted by molar-refractivity contribution is 7.14. The van der Waals surface area contributed by atoms with E-state index >= 15 is 0 Å². The topological polar surface area (TPSA) is 68.6 Å². The number of hydrogen-bond acceptors (Lipinski definition) is 5. The van der Waals surface area contributed by atoms with Gasteiger partial charge in [0.1, 0.15) is 18.1 Å². The van der Waals surface area contributed by atoms with E-state index in [-0.39, 0.29) is 12.2 Å². The Labute approximate surface area is 182 Å². The van der Waals surface area contributed by atoms with Crippen molar-refractivity contribution in [3.63, 3.8) is 0 Å². The first-order chi connectivity index (χ1) is 15.2. The van der Waals surface area contributed by atoms with Crippen molar-refractivity contribution in [2.45, 2.75) is 6.61 Å². The van der Waals surface area contributed by atoms with E-state index in [1.165, 1.54) is 10.6 Å². The van der Waals surface area contributed by atoms with Crippen LogP contribution in [0.15, 0.2) is 83.1 Å². The Balaban J connectivity index is 1.46. The van der Waals surface area contributed by atoms with Gasteiger partial charge in [0.05, 0.1) is 18.4 Å². The van der Waals surface area contributed by atoms with Gasteiger partial charge in [0.15, 0.2) is 5.65 Å². The van der Waals surface area contributed by atoms with Crippen molar-refractivity contribution >= 4 is 17.0 Å². The molecule has 6 nitrogen and oxygen atoms in total. The third-order valence-corrected chi connectivity index (χ3v) is 5.91. The quantitative estimate of drug-likeness (QED) is 0.412. The van der Waals surface area contributed by atoms with Crippen molar-refractivity contribution < 1.29 is 9.47 Å². The number of rotatable bonds is 6. The number of benzene rings is 2. The molecule has 0 aliphatic rings. The number of aromatic nitrogens is 3. The number of ether oxygens (including phenoxy) is 2. The Morgan fingerprint density at radius 2 is 1.84 bits per heavy atom. The number of aromatic amines is 1. The summed E-state index contributed by atoms with van der Waals surface area (Å²) in [5.74, 6) is 1.36. The molecule has 0 bridgehead atoms. The summed E-state index contributed by atoms with van der Waals surface area (Å²) >= 11 is 1.62. The minimum Gasteiger partial charge on any atom is -0.497 e. The van der Waals surface area contributed by atoms with E-state index in [2.05, 4.69) is 28.7 Å². The molecule has 3 aromatic heterocycles. The maximum absolute atomic E-state index is 12.6. The van der Waals surface area contributed by atoms with Gasteiger partial charge < -0.3 is 9.47 Å². The molecule has 3 heterocycles. The fourth-order valence-corrected chi connectivity index (χ4v) is 4.32. The lowest BCUT2D eigenvalue weighted by molar-refractivity contribution is 0.299. The van der Waals surface area contributed by atoms with E-state index in [0.29, 0.717) is 22.8 Å². The normalized spacial score (nSPS) is 11.0. The van der Waals surface area contributed by atoms with E-state index < -0.39 is 0 Å². The van der Waals surface area contributed by atoms with E-state index in [4.69, 9.17) is 14.5 Å². The van der Waals surface area contributed by atoms with Crippen LogP contribution in [-0.2, 0) is 6.61 Å². The van der Waals surface area contributed by atoms with Gasteiger partial charge in [-0.05, 0) is 34.7 Å². The van der Waals surface area contributed by atoms with Crippen LogP contribution in [0.5, 0.6) is 11.5 Å². The molecule has 0 aliphatic heterocycles. The van der Waals surface area contributed by atoms with Crippen molar-refractivity contribution in [1.82, 2.24) is 14.6 Å². The lowest BCUT2D eigenvalue weighted by atomic mass is 10.1. The van der Waals surface area contributed by atoms with Crippen LogP contribution in [0.3, 0.4) is 0 Å². The van der Waals surface area contributed by atoms with E-state index in [1.54, 1.807) is 24.5 Å². The predicted octanol–water partition coefficient (Wildman–Crippen LogP) is 5.01. The summed E-state index contributed by atoms with van der Waals surface area (Å²) in [5, 5.41) is 5.12. The van der Waals surface area contributed by atoms with E-state index in [0.717, 1.165) is 21.6 Å². The number of H-pyrrole nitrogens is 1. The van der Waals surface area contributed by atoms with Crippen LogP contribution >= 0.6 is 11.3 Å². The highest BCUT2D eigenvalue weighted by atomic mass is 32.1. The Bertz CT molecular complexity index is 1400. The molecular formula is C24H19N3O3S. The lowest BCUT2D eigenvalue weighted by Crippen LogP contribution is -2.16. The maximum Gasteiger partial charge on any atom is 0.273 e. The highest BCUT2D eigenvalue weighted by Crippen LogP contribution is 2.34. The molecule has 0 amide bonds. The van der Waals surface area contributed by atoms with E-state index in [9.17, 15) is 4.79 Å². The predicted molar refractivity (Wildman–Crippen MR) is 122 cm³/mol. The molecule has 31 heavy (non-hydrogen) atoms. The minimum absolute atomic E-state index is 0.180. The SMILES string of the molecule is COc1cccc(OCc2cc(=O)n3[nH]cc(-c4cc(-c5ccccc5)cs4)c3n2)c1. The zero-order chi connectivity index (χ0) is 21.2. The molecule has 154 valence electrons. The highest BCUT2D eigenvalue weighted by Gasteiger charge is 2.14. The van der Waals surface area contributed by atoms with Crippen LogP contribution in [0.25, 0.3) is 27.2 Å². The third kappa shape index (κ3) is 3.83. The Kier molecular flexibility index (Phi) is 5.01. The molecule has 5 rings (SSSR count). The minimum atomic E-state index is -0.180. The number of thiophene rings is 1. The molecule has 0 radical (unpaired) electrons. The number of nitrogens with zero attached hydrogens (tertiary/aromatic N) is 2. The van der Waals surface area contributed by atoms with Crippen LogP contribution in [0.1, 0.15) is 5.69 Å². The fourth-order valence-electron chi connectivity index (χ4n) is 3.39. The molecule has 0 saturated carbocycles. The standard InChI is InChI=1S/C24H19N3O3S/c1-29-19-8-5-9-20(12-19)30-14-18-11-23(28)27-24(26-18)21(13-25-27)22-10-17(15-31-22)16-6-3-2-4-7-16/h2-13,15,25H,14H2,1H3. The molecule has 0 aliphatic carbocycles. The second-order valence-electron chi connectivity index (χ2n) is 6.97. The fraction of sp³-hybridized carbons (Fsp3) is 0.0833. The third-order valence-electron chi connectivity index (χ3n) is 4.95. The average Bonchev–Trinajstić information content (AvgIpc) is 3.46. The van der Waals surface area contributed by atoms with E-state index in [1.807, 2.05) is 42.6 Å². The molecule has 0 atom stereocenters. The second-order valence-corrected chi connectivity index (χ2v) is 7.88. The van der Waals surface area contributed by atoms with Crippen LogP contribution in [0, 0.1) is 0 Å². The first kappa shape index (κ1) is 19.1. The zero-order valence-corrected chi connectivity index (χ0v) is 17.6. The van der Waals surface area contributed by atoms with Crippen molar-refractivity contribution in [3.8, 4) is 33.1 Å². The van der Waals surface area contributed by atoms with Gasteiger partial charge in [0, 0.05) is 23.2 Å². The van der Waals surface area contributed by atoms with Crippen LogP contribution < -0.4 is 15.0 Å². The first-order valence-corrected chi connectivity index (χ1v) is 10.6. The van der Waals surface area contributed by atoms with Crippen LogP contribution in [0.4, 0.5) is 0 Å². The van der Waals surface area contributed by atoms with Gasteiger partial charge in [0.2, 0.25) is 0 Å². The van der Waals surface area contributed by atoms with Gasteiger partial charge in [-0.3, -0.25) is 9.89 Å². The molecule has 0 saturated heterocycles. The van der Waals surface area contributed by atoms with Gasteiger partial charge in [-0.1, -0.05) is 36.4 Å². The summed E-state index contributed by atoms with van der Waals surface area (Å²) in [6.07, 6.45) is 1.82. The molecule has 2 aromatic carbocycles. The number of methoxy groups -OCH3 is 1. The van der Waals surface area contributed by atoms with Crippen molar-refractivity contribution in [2.24, 2.45) is 0 Å². The Hall–Kier alpha value is -3.84. The van der Waals surface area contributed by atoms with Gasteiger partial charge >= 0.3 is 0 Å². The second kappa shape index (κ2) is 8.12. The molecule has 0 fully saturated rings. The summed E-state index contributed by atoms with van der Waals surface area (Å²) in [6, 6.07) is 21.1. The van der Waals surface area contributed by atoms with Crippen molar-refractivity contribution in [2.75, 3.05) is 7.11 Å². The summed E-state index contributed by atoms with van der Waals surface area (Å²) in [6.45, 7) is 0.184. The van der Waals surface area contributed by atoms with Crippen LogP contribution in [-0.4, -0.2) is 21.7 Å². The smallest absolute Gasteiger partial charge is 0.273 e. The molecular weight excluding hydrogens is 410 g/mol. The van der Waals surface area contributed by atoms with Gasteiger partial charge in [-0.2, -0.15) is 0 Å². The zero-order valence-electron chi connectivity index (χ0n) is 16.7.